The number of methoxy groups -OCH3 is 1. The predicted octanol–water partition coefficient (Wildman–Crippen LogP) is 3.39. The number of phenols is 1. The molecule has 2 N–H and O–H groups in total. The van der Waals surface area contributed by atoms with Crippen molar-refractivity contribution in [2.45, 2.75) is 71.5 Å². The van der Waals surface area contributed by atoms with Crippen molar-refractivity contribution in [1.82, 2.24) is 0 Å². The van der Waals surface area contributed by atoms with E-state index in [1.165, 1.54) is 21.0 Å². The van der Waals surface area contributed by atoms with Gasteiger partial charge in [-0.1, -0.05) is 19.4 Å². The minimum absolute atomic E-state index is 0.0667. The van der Waals surface area contributed by atoms with Crippen molar-refractivity contribution in [3.8, 4) is 11.5 Å². The van der Waals surface area contributed by atoms with Gasteiger partial charge in [0.15, 0.2) is 11.5 Å². The van der Waals surface area contributed by atoms with Gasteiger partial charge in [-0.3, -0.25) is 9.59 Å². The number of hydrogen-bond acceptors (Lipinski definition) is 7. The first kappa shape index (κ1) is 24.8. The van der Waals surface area contributed by atoms with Gasteiger partial charge in [-0.15, -0.1) is 0 Å². The number of phenolic OH excluding ortho intramolecular Hbond substituents is 1. The molecule has 1 aromatic carbocycles. The third kappa shape index (κ3) is 9.65. The van der Waals surface area contributed by atoms with E-state index in [0.29, 0.717) is 31.4 Å². The molecule has 29 heavy (non-hydrogen) atoms. The van der Waals surface area contributed by atoms with Crippen molar-refractivity contribution in [3.05, 3.63) is 23.8 Å². The van der Waals surface area contributed by atoms with Crippen LogP contribution in [-0.2, 0) is 25.5 Å². The zero-order valence-electron chi connectivity index (χ0n) is 17.8. The highest BCUT2D eigenvalue weighted by Crippen LogP contribution is 2.27. The minimum Gasteiger partial charge on any atom is -0.504 e. The second-order valence-corrected chi connectivity index (χ2v) is 7.28. The van der Waals surface area contributed by atoms with Crippen LogP contribution in [0.3, 0.4) is 0 Å². The molecule has 0 radical (unpaired) electrons. The van der Waals surface area contributed by atoms with Crippen LogP contribution in [0.1, 0.15) is 58.4 Å². The second-order valence-electron chi connectivity index (χ2n) is 7.28. The van der Waals surface area contributed by atoms with Crippen molar-refractivity contribution in [1.29, 1.82) is 0 Å². The maximum absolute atomic E-state index is 11.6. The van der Waals surface area contributed by atoms with E-state index in [-0.39, 0.29) is 36.3 Å². The highest BCUT2D eigenvalue weighted by Gasteiger charge is 2.22. The predicted molar refractivity (Wildman–Crippen MR) is 109 cm³/mol. The van der Waals surface area contributed by atoms with E-state index in [1.807, 2.05) is 6.92 Å². The molecule has 0 aliphatic carbocycles. The lowest BCUT2D eigenvalue weighted by molar-refractivity contribution is -0.153. The average molecular weight is 411 g/mol. The number of aliphatic hydroxyl groups excluding tert-OH is 1. The number of aryl methyl sites for hydroxylation is 1. The number of aromatic hydroxyl groups is 1. The number of esters is 2. The zero-order valence-corrected chi connectivity index (χ0v) is 17.8. The summed E-state index contributed by atoms with van der Waals surface area (Å²) in [6, 6.07) is 5.10. The van der Waals surface area contributed by atoms with Crippen LogP contribution >= 0.6 is 0 Å². The molecule has 0 spiro atoms. The van der Waals surface area contributed by atoms with Crippen molar-refractivity contribution >= 4 is 11.9 Å². The van der Waals surface area contributed by atoms with E-state index in [2.05, 4.69) is 0 Å². The first-order valence-corrected chi connectivity index (χ1v) is 10.1. The van der Waals surface area contributed by atoms with Gasteiger partial charge < -0.3 is 24.4 Å². The largest absolute Gasteiger partial charge is 0.504 e. The van der Waals surface area contributed by atoms with Gasteiger partial charge in [0.25, 0.3) is 0 Å². The summed E-state index contributed by atoms with van der Waals surface area (Å²) in [6.45, 7) is 4.82. The van der Waals surface area contributed by atoms with Crippen LogP contribution in [0.2, 0.25) is 0 Å². The lowest BCUT2D eigenvalue weighted by Gasteiger charge is -2.24. The summed E-state index contributed by atoms with van der Waals surface area (Å²) < 4.78 is 16.0. The van der Waals surface area contributed by atoms with Crippen LogP contribution in [0.4, 0.5) is 0 Å². The highest BCUT2D eigenvalue weighted by atomic mass is 16.6. The standard InChI is InChI=1S/C22H34O7/c1-5-17(14-23)6-9-19(28-15(2)24)13-20(29-16(3)25)10-7-18-8-11-21(26)22(12-18)27-4/h8,11-12,17,19-20,23,26H,5-7,9-10,13-14H2,1-4H3. The monoisotopic (exact) mass is 410 g/mol. The smallest absolute Gasteiger partial charge is 0.302 e. The summed E-state index contributed by atoms with van der Waals surface area (Å²) >= 11 is 0. The van der Waals surface area contributed by atoms with Gasteiger partial charge in [0.1, 0.15) is 12.2 Å². The maximum atomic E-state index is 11.6. The number of hydrogen-bond donors (Lipinski definition) is 2. The van der Waals surface area contributed by atoms with E-state index in [1.54, 1.807) is 18.2 Å². The Kier molecular flexibility index (Phi) is 11.1. The number of carbonyl (C=O) groups excluding carboxylic acids is 2. The Hall–Kier alpha value is -2.28. The average Bonchev–Trinajstić information content (AvgIpc) is 2.66. The third-order valence-electron chi connectivity index (χ3n) is 4.92. The summed E-state index contributed by atoms with van der Waals surface area (Å²) in [4.78, 5) is 23.1. The Bertz CT molecular complexity index is 640. The Morgan fingerprint density at radius 1 is 1.03 bits per heavy atom. The number of aliphatic hydroxyl groups is 1. The van der Waals surface area contributed by atoms with Crippen LogP contribution < -0.4 is 4.74 Å². The van der Waals surface area contributed by atoms with E-state index in [4.69, 9.17) is 14.2 Å². The third-order valence-corrected chi connectivity index (χ3v) is 4.92. The van der Waals surface area contributed by atoms with E-state index >= 15 is 0 Å². The molecule has 7 heteroatoms. The molecule has 3 unspecified atom stereocenters. The number of carbonyl (C=O) groups is 2. The SMILES string of the molecule is CCC(CO)CCC(CC(CCc1ccc(O)c(OC)c1)OC(C)=O)OC(C)=O. The number of benzene rings is 1. The van der Waals surface area contributed by atoms with Crippen molar-refractivity contribution in [3.63, 3.8) is 0 Å². The van der Waals surface area contributed by atoms with E-state index in [0.717, 1.165) is 18.4 Å². The highest BCUT2D eigenvalue weighted by molar-refractivity contribution is 5.66. The van der Waals surface area contributed by atoms with Crippen molar-refractivity contribution in [2.75, 3.05) is 13.7 Å². The zero-order chi connectivity index (χ0) is 21.8. The fourth-order valence-corrected chi connectivity index (χ4v) is 3.26. The molecule has 1 aromatic rings. The van der Waals surface area contributed by atoms with Gasteiger partial charge in [0.2, 0.25) is 0 Å². The second kappa shape index (κ2) is 13.0. The van der Waals surface area contributed by atoms with Crippen LogP contribution in [0, 0.1) is 5.92 Å². The van der Waals surface area contributed by atoms with Gasteiger partial charge >= 0.3 is 11.9 Å². The first-order valence-electron chi connectivity index (χ1n) is 10.1. The van der Waals surface area contributed by atoms with E-state index < -0.39 is 6.10 Å². The van der Waals surface area contributed by atoms with E-state index in [9.17, 15) is 19.8 Å². The molecular formula is C22H34O7. The quantitative estimate of drug-likeness (QED) is 0.481. The molecule has 7 nitrogen and oxygen atoms in total. The molecule has 0 aliphatic rings. The number of rotatable bonds is 13. The van der Waals surface area contributed by atoms with Gasteiger partial charge in [-0.2, -0.15) is 0 Å². The summed E-state index contributed by atoms with van der Waals surface area (Å²) in [5.74, 6) is -0.153. The summed E-state index contributed by atoms with van der Waals surface area (Å²) in [7, 11) is 1.49. The molecule has 1 rings (SSSR count). The van der Waals surface area contributed by atoms with Crippen LogP contribution in [0.15, 0.2) is 18.2 Å². The molecule has 164 valence electrons. The molecular weight excluding hydrogens is 376 g/mol. The Labute approximate surface area is 173 Å². The Morgan fingerprint density at radius 3 is 2.17 bits per heavy atom. The van der Waals surface area contributed by atoms with Gasteiger partial charge in [-0.25, -0.2) is 0 Å². The summed E-state index contributed by atoms with van der Waals surface area (Å²) in [6.07, 6.45) is 2.93. The first-order chi connectivity index (χ1) is 13.8. The lowest BCUT2D eigenvalue weighted by Crippen LogP contribution is -2.27. The van der Waals surface area contributed by atoms with Gasteiger partial charge in [-0.05, 0) is 49.3 Å². The fraction of sp³-hybridized carbons (Fsp3) is 0.636. The molecule has 3 atom stereocenters. The molecule has 0 aromatic heterocycles. The summed E-state index contributed by atoms with van der Waals surface area (Å²) in [5.41, 5.74) is 0.937. The van der Waals surface area contributed by atoms with Crippen LogP contribution in [0.5, 0.6) is 11.5 Å². The molecule has 0 saturated carbocycles. The Morgan fingerprint density at radius 2 is 1.66 bits per heavy atom. The summed E-state index contributed by atoms with van der Waals surface area (Å²) in [5, 5.41) is 19.1. The van der Waals surface area contributed by atoms with Gasteiger partial charge in [0.05, 0.1) is 7.11 Å². The number of ether oxygens (including phenoxy) is 3. The van der Waals surface area contributed by atoms with Crippen LogP contribution in [-0.4, -0.2) is 48.1 Å². The Balaban J connectivity index is 2.79. The molecule has 0 amide bonds. The topological polar surface area (TPSA) is 102 Å². The fourth-order valence-electron chi connectivity index (χ4n) is 3.26. The minimum atomic E-state index is -0.411. The molecule has 0 saturated heterocycles. The van der Waals surface area contributed by atoms with Crippen molar-refractivity contribution < 1.29 is 34.0 Å². The molecule has 0 heterocycles. The normalized spacial score (nSPS) is 14.0. The molecule has 0 fully saturated rings. The van der Waals surface area contributed by atoms with Gasteiger partial charge in [0, 0.05) is 26.9 Å². The van der Waals surface area contributed by atoms with Crippen LogP contribution in [0.25, 0.3) is 0 Å². The maximum Gasteiger partial charge on any atom is 0.302 e. The van der Waals surface area contributed by atoms with Crippen molar-refractivity contribution in [2.24, 2.45) is 5.92 Å². The lowest BCUT2D eigenvalue weighted by atomic mass is 9.95. The molecule has 0 bridgehead atoms. The molecule has 0 aliphatic heterocycles.